The molecular formula is C16H18N2O3S. The Kier molecular flexibility index (Phi) is 4.60. The van der Waals surface area contributed by atoms with Gasteiger partial charge in [-0.15, -0.1) is 0 Å². The highest BCUT2D eigenvalue weighted by atomic mass is 32.1. The fourth-order valence-electron chi connectivity index (χ4n) is 2.32. The van der Waals surface area contributed by atoms with E-state index >= 15 is 0 Å². The van der Waals surface area contributed by atoms with E-state index in [-0.39, 0.29) is 5.91 Å². The second-order valence-electron chi connectivity index (χ2n) is 5.21. The van der Waals surface area contributed by atoms with E-state index < -0.39 is 0 Å². The third-order valence-corrected chi connectivity index (χ3v) is 4.00. The number of nitrogens with one attached hydrogen (secondary N) is 1. The van der Waals surface area contributed by atoms with Gasteiger partial charge in [-0.1, -0.05) is 0 Å². The van der Waals surface area contributed by atoms with Crippen LogP contribution in [0, 0.1) is 0 Å². The van der Waals surface area contributed by atoms with Crippen molar-refractivity contribution in [1.82, 2.24) is 4.90 Å². The van der Waals surface area contributed by atoms with E-state index in [0.717, 1.165) is 18.0 Å². The average molecular weight is 318 g/mol. The second kappa shape index (κ2) is 6.81. The van der Waals surface area contributed by atoms with Crippen LogP contribution >= 0.6 is 11.3 Å². The Morgan fingerprint density at radius 2 is 2.09 bits per heavy atom. The second-order valence-corrected chi connectivity index (χ2v) is 5.99. The Morgan fingerprint density at radius 1 is 1.27 bits per heavy atom. The minimum atomic E-state index is -0.0468. The molecule has 1 aromatic carbocycles. The first-order valence-corrected chi connectivity index (χ1v) is 8.04. The number of rotatable bonds is 5. The fraction of sp³-hybridized carbons (Fsp3) is 0.312. The maximum Gasteiger partial charge on any atom is 0.238 e. The summed E-state index contributed by atoms with van der Waals surface area (Å²) in [5.41, 5.74) is 1.94. The predicted molar refractivity (Wildman–Crippen MR) is 86.7 cm³/mol. The lowest BCUT2D eigenvalue weighted by Crippen LogP contribution is -2.29. The first-order valence-electron chi connectivity index (χ1n) is 7.10. The zero-order valence-corrected chi connectivity index (χ0v) is 13.2. The van der Waals surface area contributed by atoms with E-state index in [4.69, 9.17) is 9.47 Å². The van der Waals surface area contributed by atoms with Gasteiger partial charge in [0, 0.05) is 18.3 Å². The van der Waals surface area contributed by atoms with Gasteiger partial charge in [-0.3, -0.25) is 9.69 Å². The van der Waals surface area contributed by atoms with Crippen LogP contribution < -0.4 is 14.8 Å². The SMILES string of the molecule is CN(CC(=O)Nc1ccc2c(c1)OCCO2)Cc1ccsc1. The van der Waals surface area contributed by atoms with Crippen LogP contribution in [0.4, 0.5) is 5.69 Å². The Labute approximate surface area is 133 Å². The van der Waals surface area contributed by atoms with E-state index in [2.05, 4.69) is 16.8 Å². The largest absolute Gasteiger partial charge is 0.486 e. The van der Waals surface area contributed by atoms with Gasteiger partial charge < -0.3 is 14.8 Å². The van der Waals surface area contributed by atoms with Crippen molar-refractivity contribution in [2.45, 2.75) is 6.54 Å². The number of hydrogen-bond acceptors (Lipinski definition) is 5. The number of likely N-dealkylation sites (N-methyl/N-ethyl adjacent to an activating group) is 1. The molecule has 0 atom stereocenters. The molecule has 3 rings (SSSR count). The van der Waals surface area contributed by atoms with Gasteiger partial charge in [0.2, 0.25) is 5.91 Å². The molecule has 0 unspecified atom stereocenters. The molecule has 1 aliphatic rings. The van der Waals surface area contributed by atoms with Crippen molar-refractivity contribution in [2.75, 3.05) is 32.1 Å². The molecule has 2 heterocycles. The van der Waals surface area contributed by atoms with Crippen LogP contribution in [0.25, 0.3) is 0 Å². The summed E-state index contributed by atoms with van der Waals surface area (Å²) in [4.78, 5) is 14.1. The van der Waals surface area contributed by atoms with Gasteiger partial charge in [-0.05, 0) is 41.6 Å². The molecule has 0 bridgehead atoms. The van der Waals surface area contributed by atoms with Gasteiger partial charge in [0.05, 0.1) is 6.54 Å². The molecule has 116 valence electrons. The lowest BCUT2D eigenvalue weighted by Gasteiger charge is -2.19. The van der Waals surface area contributed by atoms with Crippen LogP contribution in [0.5, 0.6) is 11.5 Å². The maximum atomic E-state index is 12.1. The summed E-state index contributed by atoms with van der Waals surface area (Å²) >= 11 is 1.66. The standard InChI is InChI=1S/C16H18N2O3S/c1-18(9-12-4-7-22-11-12)10-16(19)17-13-2-3-14-15(8-13)21-6-5-20-14/h2-4,7-8,11H,5-6,9-10H2,1H3,(H,17,19). The minimum Gasteiger partial charge on any atom is -0.486 e. The van der Waals surface area contributed by atoms with Crippen molar-refractivity contribution >= 4 is 22.9 Å². The van der Waals surface area contributed by atoms with Crippen molar-refractivity contribution < 1.29 is 14.3 Å². The summed E-state index contributed by atoms with van der Waals surface area (Å²) in [5.74, 6) is 1.35. The first kappa shape index (κ1) is 14.9. The number of benzene rings is 1. The van der Waals surface area contributed by atoms with Crippen molar-refractivity contribution in [3.63, 3.8) is 0 Å². The third-order valence-electron chi connectivity index (χ3n) is 3.27. The van der Waals surface area contributed by atoms with Crippen molar-refractivity contribution in [2.24, 2.45) is 0 Å². The van der Waals surface area contributed by atoms with Gasteiger partial charge in [0.1, 0.15) is 13.2 Å². The molecule has 2 aromatic rings. The van der Waals surface area contributed by atoms with Gasteiger partial charge in [-0.2, -0.15) is 11.3 Å². The van der Waals surface area contributed by atoms with Crippen LogP contribution in [0.1, 0.15) is 5.56 Å². The topological polar surface area (TPSA) is 50.8 Å². The summed E-state index contributed by atoms with van der Waals surface area (Å²) in [6.07, 6.45) is 0. The van der Waals surface area contributed by atoms with Crippen LogP contribution in [-0.4, -0.2) is 37.6 Å². The highest BCUT2D eigenvalue weighted by Crippen LogP contribution is 2.32. The maximum absolute atomic E-state index is 12.1. The molecule has 0 fully saturated rings. The average Bonchev–Trinajstić information content (AvgIpc) is 2.99. The van der Waals surface area contributed by atoms with E-state index in [1.807, 2.05) is 29.5 Å². The van der Waals surface area contributed by atoms with Gasteiger partial charge in [0.15, 0.2) is 11.5 Å². The van der Waals surface area contributed by atoms with E-state index in [0.29, 0.717) is 25.5 Å². The summed E-state index contributed by atoms with van der Waals surface area (Å²) in [6, 6.07) is 7.51. The molecule has 22 heavy (non-hydrogen) atoms. The number of fused-ring (bicyclic) bond motifs is 1. The lowest BCUT2D eigenvalue weighted by molar-refractivity contribution is -0.117. The van der Waals surface area contributed by atoms with Gasteiger partial charge in [-0.25, -0.2) is 0 Å². The minimum absolute atomic E-state index is 0.0468. The molecule has 1 amide bonds. The predicted octanol–water partition coefficient (Wildman–Crippen LogP) is 2.59. The van der Waals surface area contributed by atoms with Crippen LogP contribution in [0.3, 0.4) is 0 Å². The molecule has 0 aliphatic carbocycles. The van der Waals surface area contributed by atoms with Crippen molar-refractivity contribution in [3.8, 4) is 11.5 Å². The monoisotopic (exact) mass is 318 g/mol. The molecule has 1 aliphatic heterocycles. The van der Waals surface area contributed by atoms with Crippen LogP contribution in [0.2, 0.25) is 0 Å². The van der Waals surface area contributed by atoms with E-state index in [1.54, 1.807) is 17.4 Å². The molecule has 0 spiro atoms. The zero-order chi connectivity index (χ0) is 15.4. The summed E-state index contributed by atoms with van der Waals surface area (Å²) in [6.45, 7) is 2.20. The number of anilines is 1. The molecule has 0 saturated carbocycles. The summed E-state index contributed by atoms with van der Waals surface area (Å²) in [7, 11) is 1.93. The Hall–Kier alpha value is -2.05. The number of carbonyl (C=O) groups excluding carboxylic acids is 1. The number of carbonyl (C=O) groups is 1. The Bertz CT molecular complexity index is 643. The van der Waals surface area contributed by atoms with E-state index in [9.17, 15) is 4.79 Å². The Balaban J connectivity index is 1.55. The summed E-state index contributed by atoms with van der Waals surface area (Å²) < 4.78 is 11.0. The molecular weight excluding hydrogens is 300 g/mol. The number of nitrogens with zero attached hydrogens (tertiary/aromatic N) is 1. The number of amides is 1. The molecule has 0 saturated heterocycles. The molecule has 1 N–H and O–H groups in total. The molecule has 1 aromatic heterocycles. The third kappa shape index (κ3) is 3.78. The van der Waals surface area contributed by atoms with Crippen LogP contribution in [0.15, 0.2) is 35.0 Å². The smallest absolute Gasteiger partial charge is 0.238 e. The first-order chi connectivity index (χ1) is 10.7. The van der Waals surface area contributed by atoms with Crippen molar-refractivity contribution in [3.05, 3.63) is 40.6 Å². The van der Waals surface area contributed by atoms with Gasteiger partial charge in [0.25, 0.3) is 0 Å². The van der Waals surface area contributed by atoms with Crippen LogP contribution in [-0.2, 0) is 11.3 Å². The number of thiophene rings is 1. The molecule has 5 nitrogen and oxygen atoms in total. The zero-order valence-electron chi connectivity index (χ0n) is 12.4. The lowest BCUT2D eigenvalue weighted by atomic mass is 10.2. The quantitative estimate of drug-likeness (QED) is 0.920. The molecule has 0 radical (unpaired) electrons. The number of hydrogen-bond donors (Lipinski definition) is 1. The van der Waals surface area contributed by atoms with E-state index in [1.165, 1.54) is 5.56 Å². The Morgan fingerprint density at radius 3 is 2.86 bits per heavy atom. The van der Waals surface area contributed by atoms with Crippen molar-refractivity contribution in [1.29, 1.82) is 0 Å². The number of ether oxygens (including phenoxy) is 2. The highest BCUT2D eigenvalue weighted by molar-refractivity contribution is 7.07. The fourth-order valence-corrected chi connectivity index (χ4v) is 2.98. The molecule has 6 heteroatoms. The summed E-state index contributed by atoms with van der Waals surface area (Å²) in [5, 5.41) is 7.02. The normalized spacial score (nSPS) is 13.2. The van der Waals surface area contributed by atoms with Gasteiger partial charge >= 0.3 is 0 Å². The highest BCUT2D eigenvalue weighted by Gasteiger charge is 2.13.